The molecule has 1 heterocycles. The van der Waals surface area contributed by atoms with Crippen LogP contribution in [0.1, 0.15) is 31.9 Å². The molecule has 0 bridgehead atoms. The quantitative estimate of drug-likeness (QED) is 0.507. The van der Waals surface area contributed by atoms with Gasteiger partial charge in [0.1, 0.15) is 5.76 Å². The minimum Gasteiger partial charge on any atom is -0.465 e. The van der Waals surface area contributed by atoms with Gasteiger partial charge in [-0.2, -0.15) is 0 Å². The van der Waals surface area contributed by atoms with Crippen molar-refractivity contribution >= 4 is 46.6 Å². The molecule has 1 aromatic heterocycles. The van der Waals surface area contributed by atoms with Crippen molar-refractivity contribution in [2.45, 2.75) is 26.2 Å². The van der Waals surface area contributed by atoms with Crippen LogP contribution in [0.4, 0.5) is 11.4 Å². The van der Waals surface area contributed by atoms with Gasteiger partial charge in [0, 0.05) is 23.9 Å². The first-order chi connectivity index (χ1) is 12.6. The van der Waals surface area contributed by atoms with Gasteiger partial charge in [-0.15, -0.1) is 0 Å². The lowest BCUT2D eigenvalue weighted by molar-refractivity contribution is -0.116. The molecule has 0 radical (unpaired) electrons. The highest BCUT2D eigenvalue weighted by molar-refractivity contribution is 7.80. The average molecular weight is 371 g/mol. The molecule has 0 saturated carbocycles. The zero-order valence-corrected chi connectivity index (χ0v) is 15.3. The van der Waals surface area contributed by atoms with Crippen LogP contribution in [-0.2, 0) is 9.59 Å². The van der Waals surface area contributed by atoms with Crippen LogP contribution < -0.4 is 16.0 Å². The number of hydrogen-bond acceptors (Lipinski definition) is 4. The van der Waals surface area contributed by atoms with Crippen molar-refractivity contribution < 1.29 is 14.0 Å². The Morgan fingerprint density at radius 2 is 1.92 bits per heavy atom. The molecule has 3 N–H and O–H groups in total. The van der Waals surface area contributed by atoms with Crippen LogP contribution in [0.25, 0.3) is 6.08 Å². The lowest BCUT2D eigenvalue weighted by atomic mass is 10.2. The van der Waals surface area contributed by atoms with E-state index in [1.807, 2.05) is 6.92 Å². The molecule has 1 aromatic carbocycles. The molecule has 0 spiro atoms. The molecule has 0 atom stereocenters. The number of carbonyl (C=O) groups is 2. The molecule has 0 aliphatic heterocycles. The maximum Gasteiger partial charge on any atom is 0.250 e. The summed E-state index contributed by atoms with van der Waals surface area (Å²) in [6.07, 6.45) is 6.72. The van der Waals surface area contributed by atoms with Crippen LogP contribution in [0.15, 0.2) is 53.2 Å². The second-order valence-corrected chi connectivity index (χ2v) is 5.93. The van der Waals surface area contributed by atoms with Crippen molar-refractivity contribution in [1.82, 2.24) is 5.32 Å². The highest BCUT2D eigenvalue weighted by Crippen LogP contribution is 2.15. The molecule has 2 aromatic rings. The third-order valence-corrected chi connectivity index (χ3v) is 3.54. The van der Waals surface area contributed by atoms with E-state index < -0.39 is 0 Å². The summed E-state index contributed by atoms with van der Waals surface area (Å²) in [7, 11) is 0. The zero-order valence-electron chi connectivity index (χ0n) is 14.5. The van der Waals surface area contributed by atoms with E-state index in [2.05, 4.69) is 16.0 Å². The fraction of sp³-hybridized carbons (Fsp3) is 0.211. The van der Waals surface area contributed by atoms with E-state index >= 15 is 0 Å². The van der Waals surface area contributed by atoms with E-state index in [0.717, 1.165) is 12.8 Å². The Kier molecular flexibility index (Phi) is 7.57. The number of carbonyl (C=O) groups excluding carboxylic acids is 2. The summed E-state index contributed by atoms with van der Waals surface area (Å²) in [6.45, 7) is 2.04. The predicted octanol–water partition coefficient (Wildman–Crippen LogP) is 3.93. The van der Waals surface area contributed by atoms with Gasteiger partial charge in [0.15, 0.2) is 5.11 Å². The molecule has 0 aliphatic rings. The number of furan rings is 1. The molecule has 0 fully saturated rings. The van der Waals surface area contributed by atoms with E-state index in [9.17, 15) is 9.59 Å². The number of hydrogen-bond donors (Lipinski definition) is 3. The summed E-state index contributed by atoms with van der Waals surface area (Å²) in [6, 6.07) is 10.6. The number of nitrogens with one attached hydrogen (secondary N) is 3. The van der Waals surface area contributed by atoms with Crippen LogP contribution in [0, 0.1) is 0 Å². The summed E-state index contributed by atoms with van der Waals surface area (Å²) in [5, 5.41) is 8.45. The van der Waals surface area contributed by atoms with Crippen LogP contribution in [0.5, 0.6) is 0 Å². The fourth-order valence-corrected chi connectivity index (χ4v) is 2.31. The summed E-state index contributed by atoms with van der Waals surface area (Å²) in [5.41, 5.74) is 1.33. The van der Waals surface area contributed by atoms with Gasteiger partial charge in [-0.25, -0.2) is 0 Å². The van der Waals surface area contributed by atoms with Gasteiger partial charge in [0.25, 0.3) is 0 Å². The SMILES string of the molecule is CCCCC(=O)Nc1cccc(NC(=S)NC(=O)C=Cc2ccco2)c1. The van der Waals surface area contributed by atoms with Gasteiger partial charge in [-0.3, -0.25) is 14.9 Å². The number of rotatable bonds is 7. The standard InChI is InChI=1S/C19H21N3O3S/c1-2-3-9-17(23)20-14-6-4-7-15(13-14)21-19(26)22-18(24)11-10-16-8-5-12-25-16/h4-8,10-13H,2-3,9H2,1H3,(H,20,23)(H2,21,22,24,26). The molecule has 0 saturated heterocycles. The monoisotopic (exact) mass is 371 g/mol. The van der Waals surface area contributed by atoms with Gasteiger partial charge in [-0.1, -0.05) is 19.4 Å². The molecule has 136 valence electrons. The minimum absolute atomic E-state index is 0.0251. The Balaban J connectivity index is 1.85. The summed E-state index contributed by atoms with van der Waals surface area (Å²) >= 11 is 5.13. The Morgan fingerprint density at radius 3 is 2.62 bits per heavy atom. The molecule has 0 aliphatic carbocycles. The largest absolute Gasteiger partial charge is 0.465 e. The van der Waals surface area contributed by atoms with Gasteiger partial charge in [0.2, 0.25) is 11.8 Å². The number of benzene rings is 1. The second kappa shape index (κ2) is 10.1. The van der Waals surface area contributed by atoms with Crippen molar-refractivity contribution in [2.75, 3.05) is 10.6 Å². The smallest absolute Gasteiger partial charge is 0.250 e. The Labute approximate surface area is 157 Å². The highest BCUT2D eigenvalue weighted by Gasteiger charge is 2.05. The van der Waals surface area contributed by atoms with Gasteiger partial charge >= 0.3 is 0 Å². The second-order valence-electron chi connectivity index (χ2n) is 5.52. The molecule has 6 nitrogen and oxygen atoms in total. The zero-order chi connectivity index (χ0) is 18.8. The van der Waals surface area contributed by atoms with Crippen molar-refractivity contribution in [3.63, 3.8) is 0 Å². The first-order valence-corrected chi connectivity index (χ1v) is 8.71. The maximum absolute atomic E-state index is 11.8. The van der Waals surface area contributed by atoms with Crippen LogP contribution in [-0.4, -0.2) is 16.9 Å². The van der Waals surface area contributed by atoms with Gasteiger partial charge in [0.05, 0.1) is 6.26 Å². The Morgan fingerprint density at radius 1 is 1.15 bits per heavy atom. The van der Waals surface area contributed by atoms with E-state index in [0.29, 0.717) is 23.6 Å². The molecular weight excluding hydrogens is 350 g/mol. The Bertz CT molecular complexity index is 785. The third-order valence-electron chi connectivity index (χ3n) is 3.34. The molecule has 7 heteroatoms. The van der Waals surface area contributed by atoms with E-state index in [1.165, 1.54) is 12.3 Å². The lowest BCUT2D eigenvalue weighted by Crippen LogP contribution is -2.32. The number of amides is 2. The highest BCUT2D eigenvalue weighted by atomic mass is 32.1. The topological polar surface area (TPSA) is 83.4 Å². The van der Waals surface area contributed by atoms with Crippen molar-refractivity contribution in [2.24, 2.45) is 0 Å². The summed E-state index contributed by atoms with van der Waals surface area (Å²) < 4.78 is 5.10. The van der Waals surface area contributed by atoms with Crippen molar-refractivity contribution in [1.29, 1.82) is 0 Å². The van der Waals surface area contributed by atoms with Crippen LogP contribution >= 0.6 is 12.2 Å². The molecular formula is C19H21N3O3S. The Hall–Kier alpha value is -2.93. The van der Waals surface area contributed by atoms with Gasteiger partial charge in [-0.05, 0) is 55.0 Å². The number of anilines is 2. The average Bonchev–Trinajstić information content (AvgIpc) is 3.12. The van der Waals surface area contributed by atoms with E-state index in [1.54, 1.807) is 42.5 Å². The lowest BCUT2D eigenvalue weighted by Gasteiger charge is -2.10. The summed E-state index contributed by atoms with van der Waals surface area (Å²) in [4.78, 5) is 23.6. The molecule has 2 rings (SSSR count). The van der Waals surface area contributed by atoms with Crippen molar-refractivity contribution in [3.05, 3.63) is 54.5 Å². The first kappa shape index (κ1) is 19.4. The first-order valence-electron chi connectivity index (χ1n) is 8.30. The summed E-state index contributed by atoms with van der Waals surface area (Å²) in [5.74, 6) is 0.177. The van der Waals surface area contributed by atoms with Crippen LogP contribution in [0.2, 0.25) is 0 Å². The molecule has 0 unspecified atom stereocenters. The number of unbranched alkanes of at least 4 members (excludes halogenated alkanes) is 1. The fourth-order valence-electron chi connectivity index (χ4n) is 2.10. The maximum atomic E-state index is 11.8. The minimum atomic E-state index is -0.372. The number of thiocarbonyl (C=S) groups is 1. The third kappa shape index (κ3) is 6.90. The van der Waals surface area contributed by atoms with E-state index in [-0.39, 0.29) is 16.9 Å². The molecule has 26 heavy (non-hydrogen) atoms. The molecule has 2 amide bonds. The van der Waals surface area contributed by atoms with Crippen LogP contribution in [0.3, 0.4) is 0 Å². The van der Waals surface area contributed by atoms with Gasteiger partial charge < -0.3 is 15.1 Å². The van der Waals surface area contributed by atoms with E-state index in [4.69, 9.17) is 16.6 Å². The van der Waals surface area contributed by atoms with Crippen molar-refractivity contribution in [3.8, 4) is 0 Å². The normalized spacial score (nSPS) is 10.5. The predicted molar refractivity (Wildman–Crippen MR) is 107 cm³/mol.